The Morgan fingerprint density at radius 3 is 2.67 bits per heavy atom. The quantitative estimate of drug-likeness (QED) is 0.813. The molecule has 27 heavy (non-hydrogen) atoms. The number of halogens is 2. The number of amides is 2. The molecule has 2 amide bonds. The van der Waals surface area contributed by atoms with Crippen molar-refractivity contribution in [3.63, 3.8) is 0 Å². The molecule has 0 radical (unpaired) electrons. The van der Waals surface area contributed by atoms with Crippen molar-refractivity contribution < 1.29 is 18.4 Å². The first-order chi connectivity index (χ1) is 12.6. The number of likely N-dealkylation sites (tertiary alicyclic amines) is 1. The zero-order valence-corrected chi connectivity index (χ0v) is 15.6. The van der Waals surface area contributed by atoms with Gasteiger partial charge in [-0.05, 0) is 49.2 Å². The van der Waals surface area contributed by atoms with Gasteiger partial charge in [-0.2, -0.15) is 0 Å². The van der Waals surface area contributed by atoms with Crippen molar-refractivity contribution in [1.29, 1.82) is 0 Å². The van der Waals surface area contributed by atoms with E-state index in [0.717, 1.165) is 12.8 Å². The molecule has 146 valence electrons. The summed E-state index contributed by atoms with van der Waals surface area (Å²) in [5, 5.41) is 2.78. The molecule has 6 nitrogen and oxygen atoms in total. The molecule has 1 aliphatic heterocycles. The van der Waals surface area contributed by atoms with Crippen molar-refractivity contribution in [2.24, 2.45) is 11.7 Å². The molecular weight excluding hydrogens is 373 g/mol. The van der Waals surface area contributed by atoms with Gasteiger partial charge in [0, 0.05) is 31.7 Å². The minimum Gasteiger partial charge on any atom is -0.451 e. The third-order valence-electron chi connectivity index (χ3n) is 4.47. The number of hydrogen-bond acceptors (Lipinski definition) is 4. The maximum Gasteiger partial charge on any atom is 0.289 e. The van der Waals surface area contributed by atoms with Gasteiger partial charge in [-0.15, -0.1) is 12.4 Å². The lowest BCUT2D eigenvalue weighted by Gasteiger charge is -2.31. The molecule has 0 aliphatic carbocycles. The summed E-state index contributed by atoms with van der Waals surface area (Å²) in [6, 6.07) is 9.18. The summed E-state index contributed by atoms with van der Waals surface area (Å²) in [6.45, 7) is 1.77. The van der Waals surface area contributed by atoms with Gasteiger partial charge in [0.25, 0.3) is 5.91 Å². The lowest BCUT2D eigenvalue weighted by Crippen LogP contribution is -2.46. The van der Waals surface area contributed by atoms with Crippen LogP contribution in [0, 0.1) is 11.7 Å². The van der Waals surface area contributed by atoms with Crippen molar-refractivity contribution in [3.8, 4) is 11.3 Å². The van der Waals surface area contributed by atoms with E-state index in [4.69, 9.17) is 10.2 Å². The maximum atomic E-state index is 13.0. The first-order valence-electron chi connectivity index (χ1n) is 8.71. The highest BCUT2D eigenvalue weighted by Crippen LogP contribution is 2.25. The molecule has 2 aromatic rings. The van der Waals surface area contributed by atoms with Gasteiger partial charge >= 0.3 is 0 Å². The van der Waals surface area contributed by atoms with Gasteiger partial charge in [-0.3, -0.25) is 9.59 Å². The fourth-order valence-electron chi connectivity index (χ4n) is 3.09. The summed E-state index contributed by atoms with van der Waals surface area (Å²) in [5.41, 5.74) is 6.10. The SMILES string of the molecule is Cl.NCCNC(=O)C1CCCN(C(=O)c2ccc(-c3ccc(F)cc3)o2)C1. The summed E-state index contributed by atoms with van der Waals surface area (Å²) in [6.07, 6.45) is 1.51. The number of hydrogen-bond donors (Lipinski definition) is 2. The van der Waals surface area contributed by atoms with Gasteiger partial charge in [0.05, 0.1) is 5.92 Å². The summed E-state index contributed by atoms with van der Waals surface area (Å²) >= 11 is 0. The van der Waals surface area contributed by atoms with Crippen molar-refractivity contribution in [1.82, 2.24) is 10.2 Å². The van der Waals surface area contributed by atoms with E-state index < -0.39 is 0 Å². The summed E-state index contributed by atoms with van der Waals surface area (Å²) < 4.78 is 18.7. The minimum atomic E-state index is -0.330. The standard InChI is InChI=1S/C19H22FN3O3.ClH/c20-15-5-3-13(4-6-15)16-7-8-17(26-16)19(25)23-11-1-2-14(12-23)18(24)22-10-9-21;/h3-8,14H,1-2,9-12,21H2,(H,22,24);1H. The van der Waals surface area contributed by atoms with Crippen molar-refractivity contribution >= 4 is 24.2 Å². The van der Waals surface area contributed by atoms with E-state index in [9.17, 15) is 14.0 Å². The van der Waals surface area contributed by atoms with E-state index in [0.29, 0.717) is 37.5 Å². The Balaban J connectivity index is 0.00000261. The Hall–Kier alpha value is -2.38. The van der Waals surface area contributed by atoms with E-state index in [1.165, 1.54) is 12.1 Å². The van der Waals surface area contributed by atoms with Crippen LogP contribution in [0.4, 0.5) is 4.39 Å². The van der Waals surface area contributed by atoms with Gasteiger partial charge < -0.3 is 20.4 Å². The predicted molar refractivity (Wildman–Crippen MR) is 102 cm³/mol. The molecule has 3 N–H and O–H groups in total. The van der Waals surface area contributed by atoms with Gasteiger partial charge in [-0.1, -0.05) is 0 Å². The van der Waals surface area contributed by atoms with E-state index in [-0.39, 0.29) is 41.7 Å². The Kier molecular flexibility index (Phi) is 7.38. The predicted octanol–water partition coefficient (Wildman–Crippen LogP) is 2.43. The molecule has 1 aliphatic rings. The topological polar surface area (TPSA) is 88.6 Å². The van der Waals surface area contributed by atoms with E-state index in [1.807, 2.05) is 0 Å². The first-order valence-corrected chi connectivity index (χ1v) is 8.71. The molecule has 1 aromatic carbocycles. The number of rotatable bonds is 5. The van der Waals surface area contributed by atoms with Crippen molar-refractivity contribution in [2.75, 3.05) is 26.2 Å². The van der Waals surface area contributed by atoms with Crippen LogP contribution in [0.15, 0.2) is 40.8 Å². The van der Waals surface area contributed by atoms with Crippen LogP contribution in [0.25, 0.3) is 11.3 Å². The Bertz CT molecular complexity index is 779. The number of benzene rings is 1. The molecule has 1 unspecified atom stereocenters. The summed E-state index contributed by atoms with van der Waals surface area (Å²) in [5.74, 6) is -0.154. The highest BCUT2D eigenvalue weighted by molar-refractivity contribution is 5.92. The third-order valence-corrected chi connectivity index (χ3v) is 4.47. The second-order valence-electron chi connectivity index (χ2n) is 6.34. The highest BCUT2D eigenvalue weighted by Gasteiger charge is 2.30. The number of nitrogens with zero attached hydrogens (tertiary/aromatic N) is 1. The van der Waals surface area contributed by atoms with E-state index in [1.54, 1.807) is 29.2 Å². The second-order valence-corrected chi connectivity index (χ2v) is 6.34. The van der Waals surface area contributed by atoms with Gasteiger partial charge in [-0.25, -0.2) is 4.39 Å². The molecule has 1 atom stereocenters. The fraction of sp³-hybridized carbons (Fsp3) is 0.368. The second kappa shape index (κ2) is 9.53. The van der Waals surface area contributed by atoms with Crippen molar-refractivity contribution in [2.45, 2.75) is 12.8 Å². The molecular formula is C19H23ClFN3O3. The average Bonchev–Trinajstić information content (AvgIpc) is 3.16. The molecule has 0 bridgehead atoms. The molecule has 1 fully saturated rings. The fourth-order valence-corrected chi connectivity index (χ4v) is 3.09. The number of piperidine rings is 1. The zero-order chi connectivity index (χ0) is 18.5. The van der Waals surface area contributed by atoms with Crippen LogP contribution >= 0.6 is 12.4 Å². The lowest BCUT2D eigenvalue weighted by molar-refractivity contribution is -0.126. The van der Waals surface area contributed by atoms with Gasteiger partial charge in [0.15, 0.2) is 5.76 Å². The molecule has 1 saturated heterocycles. The number of nitrogens with one attached hydrogen (secondary N) is 1. The molecule has 3 rings (SSSR count). The molecule has 1 aromatic heterocycles. The molecule has 0 saturated carbocycles. The van der Waals surface area contributed by atoms with Crippen LogP contribution in [0.3, 0.4) is 0 Å². The highest BCUT2D eigenvalue weighted by atomic mass is 35.5. The van der Waals surface area contributed by atoms with E-state index >= 15 is 0 Å². The molecule has 8 heteroatoms. The Morgan fingerprint density at radius 2 is 1.96 bits per heavy atom. The zero-order valence-electron chi connectivity index (χ0n) is 14.8. The Morgan fingerprint density at radius 1 is 1.22 bits per heavy atom. The number of nitrogens with two attached hydrogens (primary N) is 1. The molecule has 0 spiro atoms. The largest absolute Gasteiger partial charge is 0.451 e. The minimum absolute atomic E-state index is 0. The van der Waals surface area contributed by atoms with Crippen LogP contribution in [-0.4, -0.2) is 42.9 Å². The average molecular weight is 396 g/mol. The van der Waals surface area contributed by atoms with E-state index in [2.05, 4.69) is 5.32 Å². The Labute approximate surface area is 163 Å². The van der Waals surface area contributed by atoms with Crippen LogP contribution in [-0.2, 0) is 4.79 Å². The lowest BCUT2D eigenvalue weighted by atomic mass is 9.97. The monoisotopic (exact) mass is 395 g/mol. The normalized spacial score (nSPS) is 16.5. The third kappa shape index (κ3) is 5.08. The first kappa shape index (κ1) is 20.9. The van der Waals surface area contributed by atoms with Crippen LogP contribution in [0.5, 0.6) is 0 Å². The van der Waals surface area contributed by atoms with Gasteiger partial charge in [0.2, 0.25) is 5.91 Å². The van der Waals surface area contributed by atoms with Crippen molar-refractivity contribution in [3.05, 3.63) is 48.0 Å². The molecule has 2 heterocycles. The maximum absolute atomic E-state index is 13.0. The number of carbonyl (C=O) groups is 2. The van der Waals surface area contributed by atoms with Crippen LogP contribution in [0.2, 0.25) is 0 Å². The number of carbonyl (C=O) groups excluding carboxylic acids is 2. The van der Waals surface area contributed by atoms with Crippen LogP contribution < -0.4 is 11.1 Å². The van der Waals surface area contributed by atoms with Crippen LogP contribution in [0.1, 0.15) is 23.4 Å². The van der Waals surface area contributed by atoms with Gasteiger partial charge in [0.1, 0.15) is 11.6 Å². The summed E-state index contributed by atoms with van der Waals surface area (Å²) in [4.78, 5) is 26.5. The number of furan rings is 1. The summed E-state index contributed by atoms with van der Waals surface area (Å²) in [7, 11) is 0. The smallest absolute Gasteiger partial charge is 0.289 e.